The highest BCUT2D eigenvalue weighted by atomic mass is 35.5. The molecule has 0 radical (unpaired) electrons. The summed E-state index contributed by atoms with van der Waals surface area (Å²) >= 11 is 5.75. The van der Waals surface area contributed by atoms with Gasteiger partial charge in [-0.25, -0.2) is 13.8 Å². The maximum absolute atomic E-state index is 13.1. The van der Waals surface area contributed by atoms with Crippen LogP contribution in [0.25, 0.3) is 11.3 Å². The van der Waals surface area contributed by atoms with Gasteiger partial charge in [-0.3, -0.25) is 0 Å². The standard InChI is InChI=1S/C12H8ClF2NO/c1-6-4-10(13)16-11(12(6)17)7-2-3-8(14)9(15)5-7/h2-5,17H,1H3. The van der Waals surface area contributed by atoms with Crippen molar-refractivity contribution < 1.29 is 13.9 Å². The molecule has 0 saturated heterocycles. The van der Waals surface area contributed by atoms with Gasteiger partial charge in [0.05, 0.1) is 0 Å². The van der Waals surface area contributed by atoms with Crippen LogP contribution in [0.5, 0.6) is 5.75 Å². The number of hydrogen-bond donors (Lipinski definition) is 1. The summed E-state index contributed by atoms with van der Waals surface area (Å²) in [5.41, 5.74) is 0.922. The Morgan fingerprint density at radius 3 is 2.53 bits per heavy atom. The van der Waals surface area contributed by atoms with Crippen molar-refractivity contribution in [3.8, 4) is 17.0 Å². The first-order valence-electron chi connectivity index (χ1n) is 4.80. The maximum atomic E-state index is 13.1. The maximum Gasteiger partial charge on any atom is 0.159 e. The second kappa shape index (κ2) is 4.30. The van der Waals surface area contributed by atoms with Crippen LogP contribution < -0.4 is 0 Å². The number of pyridine rings is 1. The molecule has 0 fully saturated rings. The highest BCUT2D eigenvalue weighted by molar-refractivity contribution is 6.29. The van der Waals surface area contributed by atoms with Crippen LogP contribution in [0, 0.1) is 18.6 Å². The lowest BCUT2D eigenvalue weighted by atomic mass is 10.1. The van der Waals surface area contributed by atoms with Gasteiger partial charge in [-0.2, -0.15) is 0 Å². The first-order valence-corrected chi connectivity index (χ1v) is 5.18. The van der Waals surface area contributed by atoms with Gasteiger partial charge in [0.15, 0.2) is 11.6 Å². The van der Waals surface area contributed by atoms with Crippen LogP contribution in [-0.4, -0.2) is 10.1 Å². The molecule has 0 aliphatic heterocycles. The van der Waals surface area contributed by atoms with Gasteiger partial charge < -0.3 is 5.11 Å². The Kier molecular flexibility index (Phi) is 2.98. The highest BCUT2D eigenvalue weighted by Crippen LogP contribution is 2.32. The normalized spacial score (nSPS) is 10.6. The SMILES string of the molecule is Cc1cc(Cl)nc(-c2ccc(F)c(F)c2)c1O. The van der Waals surface area contributed by atoms with Gasteiger partial charge >= 0.3 is 0 Å². The number of halogens is 3. The third kappa shape index (κ3) is 2.22. The summed E-state index contributed by atoms with van der Waals surface area (Å²) in [6, 6.07) is 4.76. The van der Waals surface area contributed by atoms with Crippen molar-refractivity contribution in [2.45, 2.75) is 6.92 Å². The van der Waals surface area contributed by atoms with E-state index in [9.17, 15) is 13.9 Å². The number of hydrogen-bond acceptors (Lipinski definition) is 2. The summed E-state index contributed by atoms with van der Waals surface area (Å²) in [4.78, 5) is 3.90. The van der Waals surface area contributed by atoms with E-state index in [1.54, 1.807) is 6.92 Å². The van der Waals surface area contributed by atoms with Crippen LogP contribution in [0.15, 0.2) is 24.3 Å². The van der Waals surface area contributed by atoms with Crippen molar-refractivity contribution in [1.29, 1.82) is 0 Å². The van der Waals surface area contributed by atoms with Gasteiger partial charge in [0.2, 0.25) is 0 Å². The lowest BCUT2D eigenvalue weighted by Crippen LogP contribution is -1.91. The third-order valence-electron chi connectivity index (χ3n) is 2.35. The van der Waals surface area contributed by atoms with Crippen LogP contribution in [-0.2, 0) is 0 Å². The molecule has 1 N–H and O–H groups in total. The number of benzene rings is 1. The fourth-order valence-electron chi connectivity index (χ4n) is 1.47. The van der Waals surface area contributed by atoms with Gasteiger partial charge in [0.25, 0.3) is 0 Å². The predicted molar refractivity (Wildman–Crippen MR) is 61.0 cm³/mol. The second-order valence-corrected chi connectivity index (χ2v) is 3.98. The molecule has 88 valence electrons. The summed E-state index contributed by atoms with van der Waals surface area (Å²) < 4.78 is 25.9. The van der Waals surface area contributed by atoms with E-state index in [0.717, 1.165) is 12.1 Å². The summed E-state index contributed by atoms with van der Waals surface area (Å²) in [6.07, 6.45) is 0. The zero-order valence-corrected chi connectivity index (χ0v) is 9.59. The monoisotopic (exact) mass is 255 g/mol. The van der Waals surface area contributed by atoms with Gasteiger partial charge in [-0.15, -0.1) is 0 Å². The van der Waals surface area contributed by atoms with Crippen molar-refractivity contribution in [1.82, 2.24) is 4.98 Å². The molecular formula is C12H8ClF2NO. The fourth-order valence-corrected chi connectivity index (χ4v) is 1.72. The molecule has 2 aromatic rings. The first kappa shape index (κ1) is 11.8. The van der Waals surface area contributed by atoms with Crippen molar-refractivity contribution in [3.63, 3.8) is 0 Å². The van der Waals surface area contributed by atoms with E-state index >= 15 is 0 Å². The number of rotatable bonds is 1. The van der Waals surface area contributed by atoms with Gasteiger partial charge in [0.1, 0.15) is 16.6 Å². The first-order chi connectivity index (χ1) is 7.99. The predicted octanol–water partition coefficient (Wildman–Crippen LogP) is 3.69. The molecule has 2 rings (SSSR count). The van der Waals surface area contributed by atoms with E-state index < -0.39 is 11.6 Å². The smallest absolute Gasteiger partial charge is 0.159 e. The Labute approximate surface area is 102 Å². The zero-order chi connectivity index (χ0) is 12.6. The third-order valence-corrected chi connectivity index (χ3v) is 2.54. The molecule has 0 saturated carbocycles. The molecule has 2 nitrogen and oxygen atoms in total. The lowest BCUT2D eigenvalue weighted by molar-refractivity contribution is 0.470. The molecule has 0 aliphatic carbocycles. The molecule has 0 bridgehead atoms. The minimum absolute atomic E-state index is 0.0968. The molecule has 1 aromatic heterocycles. The topological polar surface area (TPSA) is 33.1 Å². The largest absolute Gasteiger partial charge is 0.505 e. The van der Waals surface area contributed by atoms with Crippen LogP contribution in [0.4, 0.5) is 8.78 Å². The lowest BCUT2D eigenvalue weighted by Gasteiger charge is -2.07. The van der Waals surface area contributed by atoms with Crippen molar-refractivity contribution >= 4 is 11.6 Å². The van der Waals surface area contributed by atoms with Crippen molar-refractivity contribution in [3.05, 3.63) is 46.6 Å². The van der Waals surface area contributed by atoms with Crippen molar-refractivity contribution in [2.75, 3.05) is 0 Å². The number of nitrogens with zero attached hydrogens (tertiary/aromatic N) is 1. The molecule has 0 spiro atoms. The van der Waals surface area contributed by atoms with Gasteiger partial charge in [-0.05, 0) is 36.8 Å². The summed E-state index contributed by atoms with van der Waals surface area (Å²) in [5.74, 6) is -2.05. The molecule has 1 aromatic carbocycles. The Morgan fingerprint density at radius 1 is 1.18 bits per heavy atom. The van der Waals surface area contributed by atoms with E-state index in [-0.39, 0.29) is 22.2 Å². The average Bonchev–Trinajstić information content (AvgIpc) is 2.27. The van der Waals surface area contributed by atoms with E-state index in [2.05, 4.69) is 4.98 Å². The molecule has 17 heavy (non-hydrogen) atoms. The molecule has 0 unspecified atom stereocenters. The van der Waals surface area contributed by atoms with E-state index in [1.807, 2.05) is 0 Å². The highest BCUT2D eigenvalue weighted by Gasteiger charge is 2.12. The number of aromatic hydroxyl groups is 1. The molecular weight excluding hydrogens is 248 g/mol. The molecule has 0 amide bonds. The molecule has 5 heteroatoms. The number of aryl methyl sites for hydroxylation is 1. The van der Waals surface area contributed by atoms with E-state index in [0.29, 0.717) is 5.56 Å². The Morgan fingerprint density at radius 2 is 1.88 bits per heavy atom. The summed E-state index contributed by atoms with van der Waals surface area (Å²) in [6.45, 7) is 1.65. The summed E-state index contributed by atoms with van der Waals surface area (Å²) in [5, 5.41) is 9.98. The number of aromatic nitrogens is 1. The fraction of sp³-hybridized carbons (Fsp3) is 0.0833. The van der Waals surface area contributed by atoms with Crippen LogP contribution in [0.2, 0.25) is 5.15 Å². The minimum atomic E-state index is -0.999. The quantitative estimate of drug-likeness (QED) is 0.789. The Hall–Kier alpha value is -1.68. The minimum Gasteiger partial charge on any atom is -0.505 e. The van der Waals surface area contributed by atoms with Gasteiger partial charge in [-0.1, -0.05) is 11.6 Å². The summed E-state index contributed by atoms with van der Waals surface area (Å²) in [7, 11) is 0. The zero-order valence-electron chi connectivity index (χ0n) is 8.84. The molecule has 0 aliphatic rings. The Bertz CT molecular complexity index is 587. The van der Waals surface area contributed by atoms with Crippen LogP contribution >= 0.6 is 11.6 Å². The van der Waals surface area contributed by atoms with E-state index in [4.69, 9.17) is 11.6 Å². The van der Waals surface area contributed by atoms with Crippen LogP contribution in [0.1, 0.15) is 5.56 Å². The van der Waals surface area contributed by atoms with Crippen LogP contribution in [0.3, 0.4) is 0 Å². The Balaban J connectivity index is 2.64. The second-order valence-electron chi connectivity index (χ2n) is 3.59. The van der Waals surface area contributed by atoms with E-state index in [1.165, 1.54) is 12.1 Å². The van der Waals surface area contributed by atoms with Crippen molar-refractivity contribution in [2.24, 2.45) is 0 Å². The van der Waals surface area contributed by atoms with Gasteiger partial charge in [0, 0.05) is 5.56 Å². The molecule has 0 atom stereocenters. The average molecular weight is 256 g/mol. The molecule has 1 heterocycles.